The van der Waals surface area contributed by atoms with E-state index in [9.17, 15) is 18.5 Å². The van der Waals surface area contributed by atoms with Crippen LogP contribution in [0.4, 0.5) is 5.69 Å². The van der Waals surface area contributed by atoms with Crippen molar-refractivity contribution in [1.82, 2.24) is 10.0 Å². The van der Waals surface area contributed by atoms with Crippen molar-refractivity contribution in [3.8, 4) is 0 Å². The third-order valence-corrected chi connectivity index (χ3v) is 4.64. The van der Waals surface area contributed by atoms with Crippen LogP contribution in [-0.4, -0.2) is 32.5 Å². The molecule has 1 aliphatic rings. The normalized spacial score (nSPS) is 19.5. The molecule has 0 radical (unpaired) electrons. The van der Waals surface area contributed by atoms with Gasteiger partial charge in [0, 0.05) is 18.7 Å². The van der Waals surface area contributed by atoms with E-state index in [0.717, 1.165) is 12.6 Å². The lowest BCUT2D eigenvalue weighted by Crippen LogP contribution is -2.36. The highest BCUT2D eigenvalue weighted by molar-refractivity contribution is 7.89. The minimum Gasteiger partial charge on any atom is -0.315 e. The van der Waals surface area contributed by atoms with Gasteiger partial charge in [-0.25, -0.2) is 13.1 Å². The molecule has 7 nitrogen and oxygen atoms in total. The van der Waals surface area contributed by atoms with E-state index in [1.807, 2.05) is 0 Å². The molecule has 1 fully saturated rings. The van der Waals surface area contributed by atoms with Gasteiger partial charge in [-0.05, 0) is 25.1 Å². The molecule has 0 bridgehead atoms. The molecule has 1 saturated heterocycles. The quantitative estimate of drug-likeness (QED) is 0.635. The molecule has 19 heavy (non-hydrogen) atoms. The maximum Gasteiger partial charge on any atom is 0.289 e. The number of sulfonamides is 1. The largest absolute Gasteiger partial charge is 0.315 e. The Hall–Kier alpha value is -1.22. The zero-order valence-corrected chi connectivity index (χ0v) is 11.4. The number of hydrogen-bond acceptors (Lipinski definition) is 5. The lowest BCUT2D eigenvalue weighted by atomic mass is 10.3. The van der Waals surface area contributed by atoms with Crippen molar-refractivity contribution in [2.75, 3.05) is 13.1 Å². The van der Waals surface area contributed by atoms with Crippen molar-refractivity contribution in [2.24, 2.45) is 0 Å². The van der Waals surface area contributed by atoms with Crippen LogP contribution in [0.2, 0.25) is 5.02 Å². The van der Waals surface area contributed by atoms with Gasteiger partial charge in [-0.2, -0.15) is 0 Å². The molecule has 0 aliphatic carbocycles. The predicted molar refractivity (Wildman–Crippen MR) is 69.7 cm³/mol. The van der Waals surface area contributed by atoms with Crippen LogP contribution >= 0.6 is 11.6 Å². The van der Waals surface area contributed by atoms with Gasteiger partial charge in [0.25, 0.3) is 5.69 Å². The fraction of sp³-hybridized carbons (Fsp3) is 0.400. The topological polar surface area (TPSA) is 101 Å². The fourth-order valence-electron chi connectivity index (χ4n) is 1.84. The van der Waals surface area contributed by atoms with Crippen molar-refractivity contribution in [3.05, 3.63) is 33.3 Å². The van der Waals surface area contributed by atoms with E-state index in [-0.39, 0.29) is 16.0 Å². The summed E-state index contributed by atoms with van der Waals surface area (Å²) in [6, 6.07) is 3.23. The molecular formula is C10H12ClN3O4S. The Morgan fingerprint density at radius 1 is 1.47 bits per heavy atom. The lowest BCUT2D eigenvalue weighted by Gasteiger charge is -2.11. The molecule has 0 unspecified atom stereocenters. The first-order valence-electron chi connectivity index (χ1n) is 5.57. The van der Waals surface area contributed by atoms with Crippen LogP contribution in [0.5, 0.6) is 0 Å². The smallest absolute Gasteiger partial charge is 0.289 e. The van der Waals surface area contributed by atoms with Gasteiger partial charge in [0.15, 0.2) is 0 Å². The van der Waals surface area contributed by atoms with Gasteiger partial charge in [0.05, 0.1) is 9.82 Å². The average Bonchev–Trinajstić information content (AvgIpc) is 2.80. The molecule has 0 saturated carbocycles. The van der Waals surface area contributed by atoms with E-state index in [1.165, 1.54) is 12.1 Å². The molecule has 2 rings (SSSR count). The number of nitrogens with zero attached hydrogens (tertiary/aromatic N) is 1. The molecule has 1 aliphatic heterocycles. The highest BCUT2D eigenvalue weighted by Gasteiger charge is 2.25. The van der Waals surface area contributed by atoms with Crippen molar-refractivity contribution in [3.63, 3.8) is 0 Å². The summed E-state index contributed by atoms with van der Waals surface area (Å²) in [5.74, 6) is 0. The second-order valence-corrected chi connectivity index (χ2v) is 6.30. The van der Waals surface area contributed by atoms with Crippen LogP contribution < -0.4 is 10.0 Å². The molecule has 2 N–H and O–H groups in total. The summed E-state index contributed by atoms with van der Waals surface area (Å²) < 4.78 is 26.6. The molecule has 0 amide bonds. The van der Waals surface area contributed by atoms with E-state index >= 15 is 0 Å². The van der Waals surface area contributed by atoms with Gasteiger partial charge in [0.1, 0.15) is 5.02 Å². The number of nitro benzene ring substituents is 1. The Labute approximate surface area is 115 Å². The SMILES string of the molecule is O=[N+]([O-])c1cc(S(=O)(=O)N[C@@H]2CCNC2)ccc1Cl. The number of nitrogens with one attached hydrogen (secondary N) is 2. The summed E-state index contributed by atoms with van der Waals surface area (Å²) in [5, 5.41) is 13.7. The highest BCUT2D eigenvalue weighted by atomic mass is 35.5. The summed E-state index contributed by atoms with van der Waals surface area (Å²) >= 11 is 5.64. The maximum atomic E-state index is 12.1. The van der Waals surface area contributed by atoms with Gasteiger partial charge >= 0.3 is 0 Å². The third-order valence-electron chi connectivity index (χ3n) is 2.81. The standard InChI is InChI=1S/C10H12ClN3O4S/c11-9-2-1-8(5-10(9)14(15)16)19(17,18)13-7-3-4-12-6-7/h1-2,5,7,12-13H,3-4,6H2/t7-/m1/s1. The van der Waals surface area contributed by atoms with Crippen LogP contribution in [0.1, 0.15) is 6.42 Å². The van der Waals surface area contributed by atoms with E-state index in [2.05, 4.69) is 10.0 Å². The second-order valence-electron chi connectivity index (χ2n) is 4.18. The molecule has 0 aromatic heterocycles. The molecule has 9 heteroatoms. The minimum atomic E-state index is -3.77. The van der Waals surface area contributed by atoms with Gasteiger partial charge in [-0.1, -0.05) is 11.6 Å². The monoisotopic (exact) mass is 305 g/mol. The van der Waals surface area contributed by atoms with Crippen LogP contribution in [-0.2, 0) is 10.0 Å². The number of rotatable bonds is 4. The first-order valence-corrected chi connectivity index (χ1v) is 7.43. The van der Waals surface area contributed by atoms with E-state index < -0.39 is 20.6 Å². The van der Waals surface area contributed by atoms with Gasteiger partial charge < -0.3 is 5.32 Å². The molecule has 1 atom stereocenters. The van der Waals surface area contributed by atoms with Gasteiger partial charge in [0.2, 0.25) is 10.0 Å². The van der Waals surface area contributed by atoms with Gasteiger partial charge in [-0.15, -0.1) is 0 Å². The number of hydrogen-bond donors (Lipinski definition) is 2. The highest BCUT2D eigenvalue weighted by Crippen LogP contribution is 2.27. The first-order chi connectivity index (χ1) is 8.90. The Kier molecular flexibility index (Phi) is 4.04. The molecule has 1 heterocycles. The second kappa shape index (κ2) is 5.41. The van der Waals surface area contributed by atoms with E-state index in [0.29, 0.717) is 13.0 Å². The summed E-state index contributed by atoms with van der Waals surface area (Å²) in [6.07, 6.45) is 0.689. The van der Waals surface area contributed by atoms with E-state index in [4.69, 9.17) is 11.6 Å². The Balaban J connectivity index is 2.29. The Bertz CT molecular complexity index is 599. The van der Waals surface area contributed by atoms with Crippen molar-refractivity contribution in [1.29, 1.82) is 0 Å². The molecule has 0 spiro atoms. The number of halogens is 1. The lowest BCUT2D eigenvalue weighted by molar-refractivity contribution is -0.384. The first kappa shape index (κ1) is 14.2. The van der Waals surface area contributed by atoms with Gasteiger partial charge in [-0.3, -0.25) is 10.1 Å². The molecule has 104 valence electrons. The Morgan fingerprint density at radius 2 is 2.21 bits per heavy atom. The summed E-state index contributed by atoms with van der Waals surface area (Å²) in [5.41, 5.74) is -0.422. The predicted octanol–water partition coefficient (Wildman–Crippen LogP) is 0.888. The van der Waals surface area contributed by atoms with Crippen LogP contribution in [0.3, 0.4) is 0 Å². The van der Waals surface area contributed by atoms with Crippen LogP contribution in [0.15, 0.2) is 23.1 Å². The fourth-order valence-corrected chi connectivity index (χ4v) is 3.32. The van der Waals surface area contributed by atoms with Crippen molar-refractivity contribution >= 4 is 27.3 Å². The van der Waals surface area contributed by atoms with Crippen molar-refractivity contribution < 1.29 is 13.3 Å². The average molecular weight is 306 g/mol. The molecule has 1 aromatic rings. The van der Waals surface area contributed by atoms with Crippen LogP contribution in [0.25, 0.3) is 0 Å². The summed E-state index contributed by atoms with van der Waals surface area (Å²) in [6.45, 7) is 1.29. The van der Waals surface area contributed by atoms with E-state index in [1.54, 1.807) is 0 Å². The summed E-state index contributed by atoms with van der Waals surface area (Å²) in [7, 11) is -3.77. The minimum absolute atomic E-state index is 0.0912. The van der Waals surface area contributed by atoms with Crippen LogP contribution in [0, 0.1) is 10.1 Å². The zero-order valence-electron chi connectivity index (χ0n) is 9.80. The summed E-state index contributed by atoms with van der Waals surface area (Å²) in [4.78, 5) is 9.87. The third kappa shape index (κ3) is 3.21. The zero-order chi connectivity index (χ0) is 14.0. The Morgan fingerprint density at radius 3 is 2.79 bits per heavy atom. The number of benzene rings is 1. The van der Waals surface area contributed by atoms with Crippen molar-refractivity contribution in [2.45, 2.75) is 17.4 Å². The molecular weight excluding hydrogens is 294 g/mol. The number of nitro groups is 1. The molecule has 1 aromatic carbocycles. The maximum absolute atomic E-state index is 12.1.